The molecule has 2 aromatic heterocycles. The van der Waals surface area contributed by atoms with Crippen molar-refractivity contribution in [1.82, 2.24) is 14.3 Å². The van der Waals surface area contributed by atoms with E-state index in [4.69, 9.17) is 0 Å². The average Bonchev–Trinajstić information content (AvgIpc) is 3.33. The number of aromatic nitrogens is 3. The lowest BCUT2D eigenvalue weighted by atomic mass is 10.0. The maximum Gasteiger partial charge on any atom is 0.274 e. The molecule has 1 aromatic carbocycles. The molecular formula is C22H23F3N4O2. The Morgan fingerprint density at radius 2 is 1.84 bits per heavy atom. The summed E-state index contributed by atoms with van der Waals surface area (Å²) in [7, 11) is 1.45. The van der Waals surface area contributed by atoms with Crippen molar-refractivity contribution in [3.63, 3.8) is 0 Å². The van der Waals surface area contributed by atoms with Gasteiger partial charge in [0.05, 0.1) is 17.0 Å². The normalized spacial score (nSPS) is 18.4. The van der Waals surface area contributed by atoms with Crippen LogP contribution < -0.4 is 16.4 Å². The predicted octanol–water partition coefficient (Wildman–Crippen LogP) is 4.32. The zero-order valence-electron chi connectivity index (χ0n) is 17.6. The van der Waals surface area contributed by atoms with Gasteiger partial charge in [0.1, 0.15) is 5.82 Å². The van der Waals surface area contributed by atoms with Crippen molar-refractivity contribution in [2.24, 2.45) is 12.5 Å². The van der Waals surface area contributed by atoms with Gasteiger partial charge in [-0.05, 0) is 18.8 Å². The van der Waals surface area contributed by atoms with Gasteiger partial charge in [0.15, 0.2) is 5.82 Å². The summed E-state index contributed by atoms with van der Waals surface area (Å²) in [5.74, 6) is -0.720. The van der Waals surface area contributed by atoms with Crippen molar-refractivity contribution in [2.75, 3.05) is 5.32 Å². The molecule has 1 saturated carbocycles. The molecule has 1 N–H and O–H groups in total. The van der Waals surface area contributed by atoms with Gasteiger partial charge in [0.25, 0.3) is 17.5 Å². The Kier molecular flexibility index (Phi) is 4.94. The monoisotopic (exact) mass is 432 g/mol. The Hall–Kier alpha value is -3.10. The standard InChI is InChI=1S/C22H23F3N4O2/c1-11(12-6-5-7-13(18(12)23)19(24)25)26-20-15-10-29(16-9-22(16,2)3)17(30)8-14(15)21(31)28(4)27-20/h5-8,10-11,16,19H,9H2,1-4H3,(H,26,27)/t11-,16-/m1/s1. The molecule has 1 aliphatic rings. The first kappa shape index (κ1) is 21.1. The van der Waals surface area contributed by atoms with Crippen LogP contribution in [0.25, 0.3) is 10.8 Å². The van der Waals surface area contributed by atoms with Crippen molar-refractivity contribution in [1.29, 1.82) is 0 Å². The number of alkyl halides is 2. The van der Waals surface area contributed by atoms with E-state index in [1.807, 2.05) is 0 Å². The third kappa shape index (κ3) is 3.62. The SMILES string of the molecule is C[C@@H](Nc1nn(C)c(=O)c2cc(=O)n([C@@H]3CC3(C)C)cc12)c1cccc(C(F)F)c1F. The number of anilines is 1. The van der Waals surface area contributed by atoms with E-state index in [1.54, 1.807) is 17.7 Å². The quantitative estimate of drug-likeness (QED) is 0.652. The van der Waals surface area contributed by atoms with Gasteiger partial charge >= 0.3 is 0 Å². The van der Waals surface area contributed by atoms with Gasteiger partial charge < -0.3 is 9.88 Å². The minimum atomic E-state index is -2.93. The lowest BCUT2D eigenvalue weighted by Gasteiger charge is -2.19. The van der Waals surface area contributed by atoms with Crippen LogP contribution in [0.4, 0.5) is 19.0 Å². The molecule has 3 aromatic rings. The highest BCUT2D eigenvalue weighted by Crippen LogP contribution is 2.54. The molecule has 0 bridgehead atoms. The van der Waals surface area contributed by atoms with E-state index in [-0.39, 0.29) is 33.8 Å². The third-order valence-corrected chi connectivity index (χ3v) is 6.02. The van der Waals surface area contributed by atoms with Crippen LogP contribution in [-0.4, -0.2) is 14.3 Å². The summed E-state index contributed by atoms with van der Waals surface area (Å²) in [6.07, 6.45) is -0.492. The number of benzene rings is 1. The molecule has 1 fully saturated rings. The molecule has 0 spiro atoms. The molecule has 0 saturated heterocycles. The van der Waals surface area contributed by atoms with Crippen LogP contribution in [0, 0.1) is 11.2 Å². The van der Waals surface area contributed by atoms with E-state index in [9.17, 15) is 22.8 Å². The number of fused-ring (bicyclic) bond motifs is 1. The molecule has 2 heterocycles. The van der Waals surface area contributed by atoms with Crippen molar-refractivity contribution >= 4 is 16.6 Å². The highest BCUT2D eigenvalue weighted by atomic mass is 19.3. The number of nitrogens with one attached hydrogen (secondary N) is 1. The lowest BCUT2D eigenvalue weighted by molar-refractivity contribution is 0.146. The number of rotatable bonds is 5. The summed E-state index contributed by atoms with van der Waals surface area (Å²) < 4.78 is 43.5. The largest absolute Gasteiger partial charge is 0.361 e. The third-order valence-electron chi connectivity index (χ3n) is 6.02. The number of nitrogens with zero attached hydrogens (tertiary/aromatic N) is 3. The fourth-order valence-corrected chi connectivity index (χ4v) is 3.96. The fourth-order valence-electron chi connectivity index (χ4n) is 3.96. The van der Waals surface area contributed by atoms with Crippen molar-refractivity contribution in [3.05, 3.63) is 68.1 Å². The van der Waals surface area contributed by atoms with Crippen LogP contribution in [0.15, 0.2) is 40.1 Å². The first-order chi connectivity index (χ1) is 14.5. The second kappa shape index (κ2) is 7.25. The van der Waals surface area contributed by atoms with Crippen molar-refractivity contribution < 1.29 is 13.2 Å². The van der Waals surface area contributed by atoms with Crippen molar-refractivity contribution in [3.8, 4) is 0 Å². The average molecular weight is 432 g/mol. The van der Waals surface area contributed by atoms with Crippen LogP contribution in [0.1, 0.15) is 56.8 Å². The van der Waals surface area contributed by atoms with E-state index < -0.39 is 29.4 Å². The van der Waals surface area contributed by atoms with Gasteiger partial charge in [-0.3, -0.25) is 9.59 Å². The minimum absolute atomic E-state index is 0.0129. The van der Waals surface area contributed by atoms with Gasteiger partial charge in [-0.15, -0.1) is 0 Å². The highest BCUT2D eigenvalue weighted by Gasteiger charge is 2.47. The zero-order valence-corrected chi connectivity index (χ0v) is 17.6. The van der Waals surface area contributed by atoms with Crippen LogP contribution in [-0.2, 0) is 7.05 Å². The number of hydrogen-bond donors (Lipinski definition) is 1. The van der Waals surface area contributed by atoms with Gasteiger partial charge in [-0.25, -0.2) is 17.9 Å². The number of hydrogen-bond acceptors (Lipinski definition) is 4. The van der Waals surface area contributed by atoms with E-state index in [2.05, 4.69) is 24.3 Å². The first-order valence-electron chi connectivity index (χ1n) is 9.97. The smallest absolute Gasteiger partial charge is 0.274 e. The molecule has 164 valence electrons. The Morgan fingerprint density at radius 3 is 2.45 bits per heavy atom. The van der Waals surface area contributed by atoms with E-state index in [0.29, 0.717) is 5.39 Å². The van der Waals surface area contributed by atoms with Crippen LogP contribution in [0.2, 0.25) is 0 Å². The van der Waals surface area contributed by atoms with Gasteiger partial charge in [0.2, 0.25) is 0 Å². The zero-order chi connectivity index (χ0) is 22.7. The summed E-state index contributed by atoms with van der Waals surface area (Å²) in [6, 6.07) is 4.43. The second-order valence-electron chi connectivity index (χ2n) is 8.75. The molecule has 0 aliphatic heterocycles. The summed E-state index contributed by atoms with van der Waals surface area (Å²) in [4.78, 5) is 25.2. The first-order valence-corrected chi connectivity index (χ1v) is 9.97. The molecule has 4 rings (SSSR count). The predicted molar refractivity (Wildman–Crippen MR) is 112 cm³/mol. The van der Waals surface area contributed by atoms with Crippen LogP contribution >= 0.6 is 0 Å². The topological polar surface area (TPSA) is 68.9 Å². The number of aryl methyl sites for hydroxylation is 1. The fraction of sp³-hybridized carbons (Fsp3) is 0.409. The Labute approximate surface area is 176 Å². The van der Waals surface area contributed by atoms with Crippen molar-refractivity contribution in [2.45, 2.75) is 45.7 Å². The minimum Gasteiger partial charge on any atom is -0.361 e. The van der Waals surface area contributed by atoms with Gasteiger partial charge in [0, 0.05) is 36.3 Å². The molecular weight excluding hydrogens is 409 g/mol. The molecule has 1 aliphatic carbocycles. The Balaban J connectivity index is 1.82. The lowest BCUT2D eigenvalue weighted by Crippen LogP contribution is -2.26. The molecule has 9 heteroatoms. The number of halogens is 3. The summed E-state index contributed by atoms with van der Waals surface area (Å²) in [5.41, 5.74) is -1.35. The van der Waals surface area contributed by atoms with Crippen LogP contribution in [0.3, 0.4) is 0 Å². The van der Waals surface area contributed by atoms with Crippen LogP contribution in [0.5, 0.6) is 0 Å². The van der Waals surface area contributed by atoms with Gasteiger partial charge in [-0.2, -0.15) is 5.10 Å². The summed E-state index contributed by atoms with van der Waals surface area (Å²) in [6.45, 7) is 5.72. The maximum atomic E-state index is 14.6. The number of pyridine rings is 1. The highest BCUT2D eigenvalue weighted by molar-refractivity contribution is 5.90. The molecule has 2 atom stereocenters. The van der Waals surface area contributed by atoms with E-state index >= 15 is 0 Å². The maximum absolute atomic E-state index is 14.6. The molecule has 0 amide bonds. The molecule has 0 unspecified atom stereocenters. The Morgan fingerprint density at radius 1 is 1.19 bits per heavy atom. The Bertz CT molecular complexity index is 1300. The van der Waals surface area contributed by atoms with E-state index in [1.165, 1.54) is 25.2 Å². The second-order valence-corrected chi connectivity index (χ2v) is 8.75. The van der Waals surface area contributed by atoms with Gasteiger partial charge in [-0.1, -0.05) is 32.0 Å². The molecule has 6 nitrogen and oxygen atoms in total. The van der Waals surface area contributed by atoms with E-state index in [0.717, 1.165) is 17.2 Å². The molecule has 0 radical (unpaired) electrons. The summed E-state index contributed by atoms with van der Waals surface area (Å²) in [5, 5.41) is 7.89. The summed E-state index contributed by atoms with van der Waals surface area (Å²) >= 11 is 0. The molecule has 31 heavy (non-hydrogen) atoms.